The van der Waals surface area contributed by atoms with E-state index in [1.807, 2.05) is 0 Å². The molecule has 33 heavy (non-hydrogen) atoms. The van der Waals surface area contributed by atoms with Crippen molar-refractivity contribution in [3.05, 3.63) is 94.8 Å². The van der Waals surface area contributed by atoms with Gasteiger partial charge in [-0.1, -0.05) is 0 Å². The molecule has 0 radical (unpaired) electrons. The van der Waals surface area contributed by atoms with E-state index in [4.69, 9.17) is 4.74 Å². The van der Waals surface area contributed by atoms with Gasteiger partial charge in [-0.05, 0) is 85.1 Å². The second kappa shape index (κ2) is 9.15. The molecular weight excluding hydrogens is 445 g/mol. The summed E-state index contributed by atoms with van der Waals surface area (Å²) in [5, 5.41) is 0. The fourth-order valence-corrected chi connectivity index (χ4v) is 4.78. The van der Waals surface area contributed by atoms with Gasteiger partial charge in [-0.2, -0.15) is 0 Å². The zero-order valence-corrected chi connectivity index (χ0v) is 18.8. The van der Waals surface area contributed by atoms with Crippen LogP contribution in [0.1, 0.15) is 38.3 Å². The van der Waals surface area contributed by atoms with Gasteiger partial charge in [-0.3, -0.25) is 13.9 Å². The maximum Gasteiger partial charge on any atom is 0.232 e. The molecule has 0 saturated heterocycles. The first-order valence-electron chi connectivity index (χ1n) is 10.4. The molecule has 0 fully saturated rings. The van der Waals surface area contributed by atoms with E-state index in [9.17, 15) is 22.4 Å². The van der Waals surface area contributed by atoms with E-state index in [-0.39, 0.29) is 18.2 Å². The van der Waals surface area contributed by atoms with Crippen LogP contribution < -0.4 is 9.04 Å². The van der Waals surface area contributed by atoms with Crippen molar-refractivity contribution in [2.24, 2.45) is 0 Å². The normalized spacial score (nSPS) is 13.3. The summed E-state index contributed by atoms with van der Waals surface area (Å²) in [4.78, 5) is 25.1. The summed E-state index contributed by atoms with van der Waals surface area (Å²) in [5.74, 6) is -0.456. The summed E-state index contributed by atoms with van der Waals surface area (Å²) in [7, 11) is -3.37. The van der Waals surface area contributed by atoms with Gasteiger partial charge >= 0.3 is 0 Å². The van der Waals surface area contributed by atoms with Crippen molar-refractivity contribution in [3.8, 4) is 5.75 Å². The Kier molecular flexibility index (Phi) is 6.29. The molecule has 0 N–H and O–H groups in total. The number of Topliss-reactive ketones (excluding diaryl/α,β-unsaturated/α-hetero) is 1. The quantitative estimate of drug-likeness (QED) is 0.490. The van der Waals surface area contributed by atoms with Crippen molar-refractivity contribution in [2.75, 3.05) is 23.7 Å². The number of sulfonamides is 1. The fraction of sp³-hybridized carbons (Fsp3) is 0.200. The second-order valence-corrected chi connectivity index (χ2v) is 9.76. The van der Waals surface area contributed by atoms with Crippen LogP contribution in [-0.2, 0) is 16.4 Å². The third-order valence-electron chi connectivity index (χ3n) is 5.47. The van der Waals surface area contributed by atoms with Crippen molar-refractivity contribution in [3.63, 3.8) is 0 Å². The van der Waals surface area contributed by atoms with Gasteiger partial charge in [0.1, 0.15) is 11.6 Å². The predicted octanol–water partition coefficient (Wildman–Crippen LogP) is 4.03. The van der Waals surface area contributed by atoms with Gasteiger partial charge in [0, 0.05) is 23.2 Å². The van der Waals surface area contributed by atoms with Crippen LogP contribution in [0.25, 0.3) is 0 Å². The number of nitrogens with zero attached hydrogens (tertiary/aromatic N) is 1. The minimum absolute atomic E-state index is 0.195. The number of benzene rings is 3. The number of hydrogen-bond donors (Lipinski definition) is 0. The molecule has 4 rings (SSSR count). The van der Waals surface area contributed by atoms with Crippen LogP contribution in [0.2, 0.25) is 0 Å². The Bertz CT molecular complexity index is 1300. The zero-order chi connectivity index (χ0) is 23.6. The Morgan fingerprint density at radius 3 is 2.18 bits per heavy atom. The highest BCUT2D eigenvalue weighted by Crippen LogP contribution is 2.30. The Morgan fingerprint density at radius 1 is 0.939 bits per heavy atom. The van der Waals surface area contributed by atoms with E-state index >= 15 is 0 Å². The first kappa shape index (κ1) is 22.7. The number of hydrogen-bond acceptors (Lipinski definition) is 5. The van der Waals surface area contributed by atoms with Crippen LogP contribution in [0.4, 0.5) is 10.1 Å². The number of halogens is 1. The Balaban J connectivity index is 1.41. The summed E-state index contributed by atoms with van der Waals surface area (Å²) >= 11 is 0. The number of carbonyl (C=O) groups excluding carboxylic acids is 2. The maximum absolute atomic E-state index is 13.0. The molecule has 8 heteroatoms. The van der Waals surface area contributed by atoms with E-state index in [2.05, 4.69) is 0 Å². The monoisotopic (exact) mass is 467 g/mol. The van der Waals surface area contributed by atoms with E-state index in [0.717, 1.165) is 5.56 Å². The van der Waals surface area contributed by atoms with E-state index in [0.29, 0.717) is 47.5 Å². The summed E-state index contributed by atoms with van der Waals surface area (Å²) in [5.41, 5.74) is 2.68. The van der Waals surface area contributed by atoms with Crippen LogP contribution in [0.5, 0.6) is 5.75 Å². The van der Waals surface area contributed by atoms with Crippen LogP contribution in [-0.4, -0.2) is 39.4 Å². The Labute approximate surface area is 191 Å². The van der Waals surface area contributed by atoms with Crippen molar-refractivity contribution in [2.45, 2.75) is 12.8 Å². The van der Waals surface area contributed by atoms with Gasteiger partial charge < -0.3 is 4.74 Å². The third kappa shape index (κ3) is 5.12. The molecule has 1 aliphatic heterocycles. The molecule has 0 aromatic heterocycles. The van der Waals surface area contributed by atoms with Crippen LogP contribution in [0.3, 0.4) is 0 Å². The molecule has 0 bridgehead atoms. The van der Waals surface area contributed by atoms with E-state index < -0.39 is 15.8 Å². The number of carbonyl (C=O) groups is 2. The topological polar surface area (TPSA) is 80.8 Å². The van der Waals surface area contributed by atoms with E-state index in [1.165, 1.54) is 34.8 Å². The lowest BCUT2D eigenvalue weighted by Gasteiger charge is -2.29. The maximum atomic E-state index is 13.0. The molecule has 1 heterocycles. The van der Waals surface area contributed by atoms with Gasteiger partial charge in [0.2, 0.25) is 10.0 Å². The van der Waals surface area contributed by atoms with Crippen molar-refractivity contribution < 1.29 is 27.1 Å². The highest BCUT2D eigenvalue weighted by Gasteiger charge is 2.24. The lowest BCUT2D eigenvalue weighted by atomic mass is 9.99. The van der Waals surface area contributed by atoms with Crippen molar-refractivity contribution in [1.82, 2.24) is 0 Å². The number of fused-ring (bicyclic) bond motifs is 1. The van der Waals surface area contributed by atoms with Crippen LogP contribution in [0, 0.1) is 5.82 Å². The van der Waals surface area contributed by atoms with Gasteiger partial charge in [0.25, 0.3) is 0 Å². The fourth-order valence-electron chi connectivity index (χ4n) is 3.78. The molecule has 0 amide bonds. The Hall–Kier alpha value is -3.52. The van der Waals surface area contributed by atoms with E-state index in [1.54, 1.807) is 42.5 Å². The zero-order valence-electron chi connectivity index (χ0n) is 18.0. The molecule has 0 saturated carbocycles. The number of rotatable bonds is 7. The second-order valence-electron chi connectivity index (χ2n) is 7.85. The molecule has 6 nitrogen and oxygen atoms in total. The molecule has 0 spiro atoms. The number of anilines is 1. The molecule has 0 unspecified atom stereocenters. The lowest BCUT2D eigenvalue weighted by molar-refractivity contribution is 0.0920. The summed E-state index contributed by atoms with van der Waals surface area (Å²) in [6.07, 6.45) is 2.57. The largest absolute Gasteiger partial charge is 0.485 e. The molecular formula is C25H22FNO5S. The minimum atomic E-state index is -3.37. The predicted molar refractivity (Wildman–Crippen MR) is 123 cm³/mol. The number of ether oxygens (including phenoxy) is 1. The number of ketones is 2. The van der Waals surface area contributed by atoms with Crippen LogP contribution in [0.15, 0.2) is 66.7 Å². The van der Waals surface area contributed by atoms with Crippen molar-refractivity contribution in [1.29, 1.82) is 0 Å². The molecule has 1 aliphatic rings. The minimum Gasteiger partial charge on any atom is -0.485 e. The molecule has 0 atom stereocenters. The highest BCUT2D eigenvalue weighted by molar-refractivity contribution is 7.92. The standard InChI is InChI=1S/C25H22FNO5S/c1-33(30,31)27-14-2-3-19-15-20(8-13-23(19)27)24(28)16-32-22-11-6-18(7-12-22)25(29)17-4-9-21(26)10-5-17/h4-13,15H,2-3,14,16H2,1H3. The van der Waals surface area contributed by atoms with Crippen molar-refractivity contribution >= 4 is 27.3 Å². The van der Waals surface area contributed by atoms with Gasteiger partial charge in [-0.25, -0.2) is 12.8 Å². The number of aryl methyl sites for hydroxylation is 1. The van der Waals surface area contributed by atoms with Gasteiger partial charge in [0.05, 0.1) is 11.9 Å². The summed E-state index contributed by atoms with van der Waals surface area (Å²) in [6, 6.07) is 16.7. The first-order chi connectivity index (χ1) is 15.7. The average molecular weight is 468 g/mol. The lowest BCUT2D eigenvalue weighted by Crippen LogP contribution is -2.34. The third-order valence-corrected chi connectivity index (χ3v) is 6.65. The average Bonchev–Trinajstić information content (AvgIpc) is 2.81. The SMILES string of the molecule is CS(=O)(=O)N1CCCc2cc(C(=O)COc3ccc(C(=O)c4ccc(F)cc4)cc3)ccc21. The summed E-state index contributed by atoms with van der Waals surface area (Å²) < 4.78 is 44.0. The first-order valence-corrected chi connectivity index (χ1v) is 12.2. The van der Waals surface area contributed by atoms with Gasteiger partial charge in [-0.15, -0.1) is 0 Å². The van der Waals surface area contributed by atoms with Crippen LogP contribution >= 0.6 is 0 Å². The molecule has 3 aromatic rings. The Morgan fingerprint density at radius 2 is 1.55 bits per heavy atom. The summed E-state index contributed by atoms with van der Waals surface area (Å²) in [6.45, 7) is 0.238. The van der Waals surface area contributed by atoms with Gasteiger partial charge in [0.15, 0.2) is 18.2 Å². The molecule has 170 valence electrons. The molecule has 3 aromatic carbocycles. The molecule has 0 aliphatic carbocycles. The highest BCUT2D eigenvalue weighted by atomic mass is 32.2. The smallest absolute Gasteiger partial charge is 0.232 e.